The molecule has 1 heterocycles. The number of hydrogen-bond acceptors (Lipinski definition) is 2. The van der Waals surface area contributed by atoms with E-state index in [9.17, 15) is 8.78 Å². The van der Waals surface area contributed by atoms with Crippen molar-refractivity contribution in [2.75, 3.05) is 6.54 Å². The van der Waals surface area contributed by atoms with Crippen LogP contribution in [0.15, 0.2) is 12.4 Å². The van der Waals surface area contributed by atoms with Gasteiger partial charge < -0.3 is 5.32 Å². The van der Waals surface area contributed by atoms with Crippen LogP contribution in [0.3, 0.4) is 0 Å². The molecule has 0 spiro atoms. The van der Waals surface area contributed by atoms with Crippen molar-refractivity contribution in [2.45, 2.75) is 13.0 Å². The number of hydrogen-bond donors (Lipinski definition) is 1. The van der Waals surface area contributed by atoms with Crippen LogP contribution in [0.2, 0.25) is 0 Å². The summed E-state index contributed by atoms with van der Waals surface area (Å²) in [5.41, 5.74) is 0.915. The van der Waals surface area contributed by atoms with Gasteiger partial charge in [-0.05, 0) is 0 Å². The molecule has 0 atom stereocenters. The molecule has 76 valence electrons. The molecule has 0 bridgehead atoms. The third-order valence-corrected chi connectivity index (χ3v) is 1.39. The SMILES string of the molecule is Cl.Cn1cc(CNCC(F)F)cn1. The molecule has 1 aromatic rings. The summed E-state index contributed by atoms with van der Waals surface area (Å²) in [6, 6.07) is 0. The highest BCUT2D eigenvalue weighted by Gasteiger charge is 2.01. The predicted molar refractivity (Wildman–Crippen MR) is 48.2 cm³/mol. The highest BCUT2D eigenvalue weighted by Crippen LogP contribution is 1.95. The van der Waals surface area contributed by atoms with Crippen molar-refractivity contribution in [3.63, 3.8) is 0 Å². The van der Waals surface area contributed by atoms with Gasteiger partial charge in [-0.1, -0.05) is 0 Å². The van der Waals surface area contributed by atoms with E-state index >= 15 is 0 Å². The molecule has 0 saturated heterocycles. The first-order chi connectivity index (χ1) is 5.68. The number of aryl methyl sites for hydroxylation is 1. The Morgan fingerprint density at radius 1 is 1.62 bits per heavy atom. The molecule has 3 nitrogen and oxygen atoms in total. The van der Waals surface area contributed by atoms with Gasteiger partial charge in [0.1, 0.15) is 0 Å². The summed E-state index contributed by atoms with van der Waals surface area (Å²) in [5.74, 6) is 0. The standard InChI is InChI=1S/C7H11F2N3.ClH/c1-12-5-6(3-11-12)2-10-4-7(8)9;/h3,5,7,10H,2,4H2,1H3;1H. The molecule has 1 aromatic heterocycles. The lowest BCUT2D eigenvalue weighted by Gasteiger charge is -2.00. The second kappa shape index (κ2) is 5.88. The Balaban J connectivity index is 0.00000144. The van der Waals surface area contributed by atoms with Crippen LogP contribution in [-0.4, -0.2) is 22.8 Å². The van der Waals surface area contributed by atoms with Gasteiger partial charge in [-0.25, -0.2) is 8.78 Å². The summed E-state index contributed by atoms with van der Waals surface area (Å²) >= 11 is 0. The van der Waals surface area contributed by atoms with Crippen molar-refractivity contribution < 1.29 is 8.78 Å². The Morgan fingerprint density at radius 3 is 2.77 bits per heavy atom. The van der Waals surface area contributed by atoms with E-state index < -0.39 is 6.43 Å². The maximum Gasteiger partial charge on any atom is 0.250 e. The zero-order chi connectivity index (χ0) is 8.97. The average Bonchev–Trinajstić information content (AvgIpc) is 2.35. The van der Waals surface area contributed by atoms with Gasteiger partial charge in [-0.15, -0.1) is 12.4 Å². The first-order valence-electron chi connectivity index (χ1n) is 3.65. The van der Waals surface area contributed by atoms with Crippen molar-refractivity contribution in [3.05, 3.63) is 18.0 Å². The Hall–Kier alpha value is -0.680. The van der Waals surface area contributed by atoms with Crippen molar-refractivity contribution in [1.82, 2.24) is 15.1 Å². The number of nitrogens with zero attached hydrogens (tertiary/aromatic N) is 2. The highest BCUT2D eigenvalue weighted by atomic mass is 35.5. The fraction of sp³-hybridized carbons (Fsp3) is 0.571. The number of alkyl halides is 2. The molecule has 0 radical (unpaired) electrons. The number of rotatable bonds is 4. The van der Waals surface area contributed by atoms with Crippen molar-refractivity contribution in [2.24, 2.45) is 7.05 Å². The van der Waals surface area contributed by atoms with Crippen molar-refractivity contribution in [1.29, 1.82) is 0 Å². The monoisotopic (exact) mass is 211 g/mol. The quantitative estimate of drug-likeness (QED) is 0.811. The first kappa shape index (κ1) is 12.3. The molecule has 6 heteroatoms. The molecule has 0 aromatic carbocycles. The van der Waals surface area contributed by atoms with Crippen molar-refractivity contribution in [3.8, 4) is 0 Å². The van der Waals surface area contributed by atoms with E-state index in [-0.39, 0.29) is 19.0 Å². The fourth-order valence-corrected chi connectivity index (χ4v) is 0.889. The molecule has 1 N–H and O–H groups in total. The van der Waals surface area contributed by atoms with E-state index in [0.717, 1.165) is 5.56 Å². The van der Waals surface area contributed by atoms with E-state index in [1.807, 2.05) is 0 Å². The second-order valence-corrected chi connectivity index (χ2v) is 2.54. The molecule has 0 aliphatic carbocycles. The smallest absolute Gasteiger partial charge is 0.250 e. The van der Waals surface area contributed by atoms with Crippen LogP contribution in [-0.2, 0) is 13.6 Å². The summed E-state index contributed by atoms with van der Waals surface area (Å²) in [6.45, 7) is 0.174. The van der Waals surface area contributed by atoms with Crippen LogP contribution in [0.5, 0.6) is 0 Å². The Bertz CT molecular complexity index is 239. The minimum absolute atomic E-state index is 0. The van der Waals surface area contributed by atoms with Crippen molar-refractivity contribution >= 4 is 12.4 Å². The lowest BCUT2D eigenvalue weighted by Crippen LogP contribution is -2.20. The molecule has 0 unspecified atom stereocenters. The molecule has 0 aliphatic heterocycles. The fourth-order valence-electron chi connectivity index (χ4n) is 0.889. The van der Waals surface area contributed by atoms with Crippen LogP contribution in [0.4, 0.5) is 8.78 Å². The molecule has 13 heavy (non-hydrogen) atoms. The van der Waals surface area contributed by atoms with Gasteiger partial charge in [-0.2, -0.15) is 5.10 Å². The Morgan fingerprint density at radius 2 is 2.31 bits per heavy atom. The Labute approximate surface area is 81.5 Å². The van der Waals surface area contributed by atoms with Gasteiger partial charge in [-0.3, -0.25) is 4.68 Å². The van der Waals surface area contributed by atoms with Gasteiger partial charge in [0.2, 0.25) is 0 Å². The predicted octanol–water partition coefficient (Wildman–Crippen LogP) is 1.20. The van der Waals surface area contributed by atoms with Gasteiger partial charge in [0.05, 0.1) is 12.7 Å². The van der Waals surface area contributed by atoms with Crippen LogP contribution in [0, 0.1) is 0 Å². The molecule has 1 rings (SSSR count). The van der Waals surface area contributed by atoms with Crippen LogP contribution < -0.4 is 5.32 Å². The zero-order valence-electron chi connectivity index (χ0n) is 7.20. The molecule has 0 fully saturated rings. The normalized spacial score (nSPS) is 10.2. The van der Waals surface area contributed by atoms with E-state index in [1.54, 1.807) is 24.1 Å². The molecule has 0 aliphatic rings. The minimum Gasteiger partial charge on any atom is -0.307 e. The third kappa shape index (κ3) is 4.80. The Kier molecular flexibility index (Phi) is 5.57. The number of halogens is 3. The summed E-state index contributed by atoms with van der Waals surface area (Å²) in [4.78, 5) is 0. The number of nitrogens with one attached hydrogen (secondary N) is 1. The maximum atomic E-state index is 11.7. The number of aromatic nitrogens is 2. The van der Waals surface area contributed by atoms with E-state index in [0.29, 0.717) is 6.54 Å². The van der Waals surface area contributed by atoms with E-state index in [4.69, 9.17) is 0 Å². The zero-order valence-corrected chi connectivity index (χ0v) is 8.02. The summed E-state index contributed by atoms with van der Waals surface area (Å²) in [5, 5.41) is 6.51. The third-order valence-electron chi connectivity index (χ3n) is 1.39. The second-order valence-electron chi connectivity index (χ2n) is 2.54. The molecular formula is C7H12ClF2N3. The van der Waals surface area contributed by atoms with Gasteiger partial charge >= 0.3 is 0 Å². The average molecular weight is 212 g/mol. The first-order valence-corrected chi connectivity index (χ1v) is 3.65. The summed E-state index contributed by atoms with van der Waals surface area (Å²) in [6.07, 6.45) is 1.15. The van der Waals surface area contributed by atoms with Gasteiger partial charge in [0, 0.05) is 25.4 Å². The molecule has 0 amide bonds. The van der Waals surface area contributed by atoms with Gasteiger partial charge in [0.15, 0.2) is 0 Å². The molecule has 0 saturated carbocycles. The maximum absolute atomic E-state index is 11.7. The van der Waals surface area contributed by atoms with E-state index in [1.165, 1.54) is 0 Å². The summed E-state index contributed by atoms with van der Waals surface area (Å²) in [7, 11) is 1.79. The van der Waals surface area contributed by atoms with Crippen LogP contribution >= 0.6 is 12.4 Å². The van der Waals surface area contributed by atoms with Crippen LogP contribution in [0.25, 0.3) is 0 Å². The largest absolute Gasteiger partial charge is 0.307 e. The highest BCUT2D eigenvalue weighted by molar-refractivity contribution is 5.85. The van der Waals surface area contributed by atoms with E-state index in [2.05, 4.69) is 10.4 Å². The lowest BCUT2D eigenvalue weighted by molar-refractivity contribution is 0.145. The summed E-state index contributed by atoms with van der Waals surface area (Å²) < 4.78 is 25.0. The topological polar surface area (TPSA) is 29.9 Å². The minimum atomic E-state index is -2.29. The lowest BCUT2D eigenvalue weighted by atomic mass is 10.3. The van der Waals surface area contributed by atoms with Crippen LogP contribution in [0.1, 0.15) is 5.56 Å². The molecular weight excluding hydrogens is 200 g/mol. The van der Waals surface area contributed by atoms with Gasteiger partial charge in [0.25, 0.3) is 6.43 Å².